The third-order valence-electron chi connectivity index (χ3n) is 2.06. The first-order valence-electron chi connectivity index (χ1n) is 4.45. The molecule has 2 aromatic rings. The maximum atomic E-state index is 13.5. The van der Waals surface area contributed by atoms with Gasteiger partial charge in [-0.15, -0.1) is 0 Å². The average molecular weight is 295 g/mol. The van der Waals surface area contributed by atoms with Crippen LogP contribution in [0.15, 0.2) is 24.4 Å². The van der Waals surface area contributed by atoms with Crippen LogP contribution in [0.1, 0.15) is 0 Å². The monoisotopic (exact) mass is 293 g/mol. The van der Waals surface area contributed by atoms with Gasteiger partial charge >= 0.3 is 0 Å². The average Bonchev–Trinajstić information content (AvgIpc) is 2.24. The van der Waals surface area contributed by atoms with Crippen molar-refractivity contribution in [3.63, 3.8) is 0 Å². The number of benzene rings is 1. The zero-order chi connectivity index (χ0) is 12.6. The summed E-state index contributed by atoms with van der Waals surface area (Å²) in [5, 5.41) is 0.591. The van der Waals surface area contributed by atoms with Crippen molar-refractivity contribution in [1.82, 2.24) is 4.98 Å². The van der Waals surface area contributed by atoms with Crippen molar-refractivity contribution in [2.24, 2.45) is 0 Å². The zero-order valence-electron chi connectivity index (χ0n) is 8.15. The van der Waals surface area contributed by atoms with E-state index < -0.39 is 11.6 Å². The van der Waals surface area contributed by atoms with Gasteiger partial charge in [-0.2, -0.15) is 0 Å². The van der Waals surface area contributed by atoms with Crippen LogP contribution >= 0.6 is 34.8 Å². The molecule has 0 aliphatic carbocycles. The molecule has 1 aromatic carbocycles. The third kappa shape index (κ3) is 2.51. The Labute approximate surface area is 111 Å². The molecule has 1 aromatic heterocycles. The van der Waals surface area contributed by atoms with Crippen LogP contribution in [0.5, 0.6) is 0 Å². The molecule has 0 unspecified atom stereocenters. The highest BCUT2D eigenvalue weighted by molar-refractivity contribution is 6.45. The summed E-state index contributed by atoms with van der Waals surface area (Å²) in [5.41, 5.74) is 0.127. The van der Waals surface area contributed by atoms with Crippen molar-refractivity contribution in [3.8, 4) is 11.3 Å². The lowest BCUT2D eigenvalue weighted by Crippen LogP contribution is -1.92. The summed E-state index contributed by atoms with van der Waals surface area (Å²) in [6.45, 7) is 0. The van der Waals surface area contributed by atoms with Gasteiger partial charge in [-0.1, -0.05) is 34.8 Å². The van der Waals surface area contributed by atoms with Gasteiger partial charge in [0, 0.05) is 16.7 Å². The molecular weight excluding hydrogens is 290 g/mol. The van der Waals surface area contributed by atoms with Crippen molar-refractivity contribution < 1.29 is 8.78 Å². The fourth-order valence-electron chi connectivity index (χ4n) is 1.34. The Morgan fingerprint density at radius 2 is 1.71 bits per heavy atom. The van der Waals surface area contributed by atoms with Gasteiger partial charge in [-0.05, 0) is 12.1 Å². The maximum Gasteiger partial charge on any atom is 0.152 e. The van der Waals surface area contributed by atoms with Gasteiger partial charge in [-0.3, -0.25) is 4.98 Å². The highest BCUT2D eigenvalue weighted by atomic mass is 35.5. The zero-order valence-corrected chi connectivity index (χ0v) is 10.4. The van der Waals surface area contributed by atoms with Crippen molar-refractivity contribution in [3.05, 3.63) is 51.1 Å². The van der Waals surface area contributed by atoms with E-state index in [0.717, 1.165) is 6.20 Å². The molecule has 0 amide bonds. The fourth-order valence-corrected chi connectivity index (χ4v) is 2.03. The normalized spacial score (nSPS) is 10.6. The van der Waals surface area contributed by atoms with E-state index in [1.807, 2.05) is 0 Å². The van der Waals surface area contributed by atoms with Crippen LogP contribution in [0.25, 0.3) is 11.3 Å². The topological polar surface area (TPSA) is 12.9 Å². The molecule has 1 nitrogen and oxygen atoms in total. The van der Waals surface area contributed by atoms with Crippen LogP contribution in [-0.2, 0) is 0 Å². The first-order valence-corrected chi connectivity index (χ1v) is 5.58. The highest BCUT2D eigenvalue weighted by Gasteiger charge is 2.14. The minimum Gasteiger partial charge on any atom is -0.250 e. The molecule has 6 heteroatoms. The molecule has 88 valence electrons. The Morgan fingerprint density at radius 3 is 2.35 bits per heavy atom. The molecule has 0 N–H and O–H groups in total. The maximum absolute atomic E-state index is 13.5. The fraction of sp³-hybridized carbons (Fsp3) is 0. The predicted octanol–water partition coefficient (Wildman–Crippen LogP) is 4.99. The quantitative estimate of drug-likeness (QED) is 0.675. The van der Waals surface area contributed by atoms with E-state index in [9.17, 15) is 8.78 Å². The molecule has 2 rings (SSSR count). The van der Waals surface area contributed by atoms with E-state index in [4.69, 9.17) is 34.8 Å². The second kappa shape index (κ2) is 4.77. The molecule has 0 radical (unpaired) electrons. The summed E-state index contributed by atoms with van der Waals surface area (Å²) in [5.74, 6) is -1.60. The lowest BCUT2D eigenvalue weighted by atomic mass is 10.1. The van der Waals surface area contributed by atoms with Crippen molar-refractivity contribution in [2.75, 3.05) is 0 Å². The molecule has 0 aliphatic rings. The summed E-state index contributed by atoms with van der Waals surface area (Å²) in [4.78, 5) is 3.64. The van der Waals surface area contributed by atoms with Crippen LogP contribution in [0.3, 0.4) is 0 Å². The van der Waals surface area contributed by atoms with E-state index >= 15 is 0 Å². The van der Waals surface area contributed by atoms with Gasteiger partial charge < -0.3 is 0 Å². The number of hydrogen-bond acceptors (Lipinski definition) is 1. The number of rotatable bonds is 1. The molecule has 0 saturated carbocycles. The minimum atomic E-state index is -0.828. The second-order valence-electron chi connectivity index (χ2n) is 3.23. The van der Waals surface area contributed by atoms with E-state index in [1.165, 1.54) is 12.1 Å². The smallest absolute Gasteiger partial charge is 0.152 e. The van der Waals surface area contributed by atoms with E-state index in [2.05, 4.69) is 4.98 Å². The van der Waals surface area contributed by atoms with E-state index in [1.54, 1.807) is 0 Å². The summed E-state index contributed by atoms with van der Waals surface area (Å²) in [6, 6.07) is 3.56. The van der Waals surface area contributed by atoms with Crippen LogP contribution < -0.4 is 0 Å². The summed E-state index contributed by atoms with van der Waals surface area (Å²) in [6.07, 6.45) is 0.892. The lowest BCUT2D eigenvalue weighted by molar-refractivity contribution is 0.576. The lowest BCUT2D eigenvalue weighted by Gasteiger charge is -2.07. The number of hydrogen-bond donors (Lipinski definition) is 0. The van der Waals surface area contributed by atoms with Crippen molar-refractivity contribution in [1.29, 1.82) is 0 Å². The molecule has 0 saturated heterocycles. The van der Waals surface area contributed by atoms with E-state index in [0.29, 0.717) is 11.1 Å². The van der Waals surface area contributed by atoms with Gasteiger partial charge in [0.05, 0.1) is 16.2 Å². The number of aromatic nitrogens is 1. The standard InChI is InChI=1S/C11H4Cl3F2N/c12-5-1-7(10(14)8(13)2-5)11-9(16)3-6(15)4-17-11/h1-4H. The number of nitrogens with zero attached hydrogens (tertiary/aromatic N) is 1. The van der Waals surface area contributed by atoms with Gasteiger partial charge in [0.2, 0.25) is 0 Å². The van der Waals surface area contributed by atoms with Crippen molar-refractivity contribution >= 4 is 34.8 Å². The Balaban J connectivity index is 2.68. The third-order valence-corrected chi connectivity index (χ3v) is 3.08. The van der Waals surface area contributed by atoms with E-state index in [-0.39, 0.29) is 21.3 Å². The van der Waals surface area contributed by atoms with Crippen LogP contribution in [0, 0.1) is 11.6 Å². The molecule has 0 atom stereocenters. The predicted molar refractivity (Wildman–Crippen MR) is 64.6 cm³/mol. The molecule has 0 spiro atoms. The van der Waals surface area contributed by atoms with Crippen molar-refractivity contribution in [2.45, 2.75) is 0 Å². The van der Waals surface area contributed by atoms with Gasteiger partial charge in [-0.25, -0.2) is 8.78 Å². The Hall–Kier alpha value is -0.900. The molecule has 0 fully saturated rings. The molecular formula is C11H4Cl3F2N. The number of halogens is 5. The Morgan fingerprint density at radius 1 is 1.00 bits per heavy atom. The van der Waals surface area contributed by atoms with Crippen LogP contribution in [0.2, 0.25) is 15.1 Å². The van der Waals surface area contributed by atoms with Gasteiger partial charge in [0.15, 0.2) is 5.82 Å². The molecule has 0 bridgehead atoms. The minimum absolute atomic E-state index is 0.0965. The molecule has 1 heterocycles. The second-order valence-corrected chi connectivity index (χ2v) is 4.45. The Bertz CT molecular complexity index is 587. The van der Waals surface area contributed by atoms with Gasteiger partial charge in [0.25, 0.3) is 0 Å². The molecule has 0 aliphatic heterocycles. The SMILES string of the molecule is Fc1cnc(-c2cc(Cl)cc(Cl)c2Cl)c(F)c1. The molecule has 17 heavy (non-hydrogen) atoms. The van der Waals surface area contributed by atoms with Crippen LogP contribution in [0.4, 0.5) is 8.78 Å². The first kappa shape index (κ1) is 12.6. The number of pyridine rings is 1. The summed E-state index contributed by atoms with van der Waals surface area (Å²) < 4.78 is 26.3. The Kier molecular flexibility index (Phi) is 3.52. The van der Waals surface area contributed by atoms with Crippen LogP contribution in [-0.4, -0.2) is 4.98 Å². The largest absolute Gasteiger partial charge is 0.250 e. The summed E-state index contributed by atoms with van der Waals surface area (Å²) >= 11 is 17.5. The summed E-state index contributed by atoms with van der Waals surface area (Å²) in [7, 11) is 0. The van der Waals surface area contributed by atoms with Gasteiger partial charge in [0.1, 0.15) is 11.5 Å². The highest BCUT2D eigenvalue weighted by Crippen LogP contribution is 2.36. The first-order chi connectivity index (χ1) is 7.99.